The summed E-state index contributed by atoms with van der Waals surface area (Å²) in [4.78, 5) is 16.0. The third-order valence-corrected chi connectivity index (χ3v) is 13.6. The van der Waals surface area contributed by atoms with Gasteiger partial charge >= 0.3 is 0 Å². The molecule has 0 aliphatic heterocycles. The van der Waals surface area contributed by atoms with Crippen molar-refractivity contribution in [3.63, 3.8) is 0 Å². The number of benzene rings is 10. The number of nitrogens with zero attached hydrogens (tertiary/aromatic N) is 4. The summed E-state index contributed by atoms with van der Waals surface area (Å²) >= 11 is 1.86. The molecule has 0 atom stereocenters. The van der Waals surface area contributed by atoms with Gasteiger partial charge in [-0.05, 0) is 92.0 Å². The van der Waals surface area contributed by atoms with Crippen LogP contribution in [0.4, 0.5) is 0 Å². The average Bonchev–Trinajstić information content (AvgIpc) is 3.89. The summed E-state index contributed by atoms with van der Waals surface area (Å²) in [5.41, 5.74) is 8.44. The van der Waals surface area contributed by atoms with Gasteiger partial charge in [-0.15, -0.1) is 11.3 Å². The van der Waals surface area contributed by atoms with Crippen LogP contribution in [0.1, 0.15) is 0 Å². The first-order chi connectivity index (χ1) is 30.7. The fourth-order valence-corrected chi connectivity index (χ4v) is 10.8. The number of hydrogen-bond acceptors (Lipinski definition) is 4. The first-order valence-corrected chi connectivity index (χ1v) is 21.7. The van der Waals surface area contributed by atoms with Crippen molar-refractivity contribution in [1.82, 2.24) is 19.5 Å². The molecule has 13 aromatic rings. The molecular weight excluding hydrogens is 773 g/mol. The van der Waals surface area contributed by atoms with Crippen LogP contribution in [0.3, 0.4) is 0 Å². The van der Waals surface area contributed by atoms with Crippen LogP contribution in [0, 0.1) is 0 Å². The van der Waals surface area contributed by atoms with Gasteiger partial charge in [-0.25, -0.2) is 15.0 Å². The molecule has 0 amide bonds. The zero-order valence-electron chi connectivity index (χ0n) is 33.3. The van der Waals surface area contributed by atoms with Gasteiger partial charge in [-0.3, -0.25) is 0 Å². The first-order valence-electron chi connectivity index (χ1n) is 20.9. The Hall–Kier alpha value is -7.99. The zero-order valence-corrected chi connectivity index (χ0v) is 34.1. The van der Waals surface area contributed by atoms with Gasteiger partial charge in [0.2, 0.25) is 0 Å². The van der Waals surface area contributed by atoms with Gasteiger partial charge in [0.05, 0.1) is 11.0 Å². The molecule has 13 rings (SSSR count). The first kappa shape index (κ1) is 34.8. The Labute approximate surface area is 360 Å². The van der Waals surface area contributed by atoms with Crippen LogP contribution in [0.25, 0.3) is 125 Å². The van der Waals surface area contributed by atoms with Crippen LogP contribution in [0.2, 0.25) is 0 Å². The van der Waals surface area contributed by atoms with Crippen molar-refractivity contribution in [1.29, 1.82) is 0 Å². The molecule has 4 nitrogen and oxygen atoms in total. The molecular formula is C57H34N4S. The maximum Gasteiger partial charge on any atom is 0.164 e. The maximum absolute atomic E-state index is 5.43. The summed E-state index contributed by atoms with van der Waals surface area (Å²) < 4.78 is 4.96. The lowest BCUT2D eigenvalue weighted by Crippen LogP contribution is -2.02. The molecule has 0 unspecified atom stereocenters. The molecule has 10 aromatic carbocycles. The molecule has 0 radical (unpaired) electrons. The fraction of sp³-hybridized carbons (Fsp3) is 0. The van der Waals surface area contributed by atoms with Crippen molar-refractivity contribution in [2.24, 2.45) is 0 Å². The van der Waals surface area contributed by atoms with E-state index in [0.717, 1.165) is 55.3 Å². The van der Waals surface area contributed by atoms with Crippen molar-refractivity contribution in [2.75, 3.05) is 0 Å². The second kappa shape index (κ2) is 13.8. The van der Waals surface area contributed by atoms with E-state index in [1.807, 2.05) is 29.5 Å². The fourth-order valence-electron chi connectivity index (χ4n) is 9.55. The standard InChI is InChI=1S/C57H34N4S/c1-2-16-36(17-3-1)55-58-56(44-26-14-21-35-15-6-8-22-41(35)44)60-57(59-55)45-30-29-40(61-50-27-12-10-24-43(50)48-31-37-18-4-5-19-38(37)33-51(48)61)34-47(45)49-32-39-20-7-9-23-42(39)54-53(49)46-25-11-13-28-52(46)62-54/h1-34H. The highest BCUT2D eigenvalue weighted by molar-refractivity contribution is 7.26. The van der Waals surface area contributed by atoms with Crippen molar-refractivity contribution in [3.8, 4) is 51.0 Å². The Morgan fingerprint density at radius 2 is 0.968 bits per heavy atom. The van der Waals surface area contributed by atoms with E-state index in [1.165, 1.54) is 52.5 Å². The average molecular weight is 807 g/mol. The van der Waals surface area contributed by atoms with Gasteiger partial charge < -0.3 is 4.57 Å². The highest BCUT2D eigenvalue weighted by Crippen LogP contribution is 2.47. The number of thiophene rings is 1. The Kier molecular flexibility index (Phi) is 7.74. The largest absolute Gasteiger partial charge is 0.309 e. The van der Waals surface area contributed by atoms with Gasteiger partial charge in [0.1, 0.15) is 0 Å². The van der Waals surface area contributed by atoms with Crippen LogP contribution < -0.4 is 0 Å². The highest BCUT2D eigenvalue weighted by atomic mass is 32.1. The van der Waals surface area contributed by atoms with Gasteiger partial charge in [-0.2, -0.15) is 0 Å². The minimum absolute atomic E-state index is 0.623. The number of hydrogen-bond donors (Lipinski definition) is 0. The molecule has 288 valence electrons. The molecule has 0 saturated carbocycles. The topological polar surface area (TPSA) is 43.6 Å². The monoisotopic (exact) mass is 806 g/mol. The van der Waals surface area contributed by atoms with Crippen molar-refractivity contribution in [2.45, 2.75) is 0 Å². The Balaban J connectivity index is 1.16. The van der Waals surface area contributed by atoms with E-state index in [2.05, 4.69) is 193 Å². The molecule has 0 N–H and O–H groups in total. The second-order valence-electron chi connectivity index (χ2n) is 15.9. The summed E-state index contributed by atoms with van der Waals surface area (Å²) in [7, 11) is 0. The van der Waals surface area contributed by atoms with E-state index < -0.39 is 0 Å². The normalized spacial score (nSPS) is 11.9. The van der Waals surface area contributed by atoms with E-state index in [-0.39, 0.29) is 0 Å². The minimum Gasteiger partial charge on any atom is -0.309 e. The third-order valence-electron chi connectivity index (χ3n) is 12.4. The Morgan fingerprint density at radius 1 is 0.339 bits per heavy atom. The lowest BCUT2D eigenvalue weighted by molar-refractivity contribution is 1.08. The number of para-hydroxylation sites is 1. The lowest BCUT2D eigenvalue weighted by Gasteiger charge is -2.17. The quantitative estimate of drug-likeness (QED) is 0.174. The Bertz CT molecular complexity index is 3930. The van der Waals surface area contributed by atoms with E-state index in [0.29, 0.717) is 17.5 Å². The van der Waals surface area contributed by atoms with Crippen molar-refractivity contribution >= 4 is 85.6 Å². The van der Waals surface area contributed by atoms with E-state index in [4.69, 9.17) is 15.0 Å². The molecule has 3 heterocycles. The molecule has 0 saturated heterocycles. The Morgan fingerprint density at radius 3 is 1.81 bits per heavy atom. The van der Waals surface area contributed by atoms with Crippen LogP contribution >= 0.6 is 11.3 Å². The van der Waals surface area contributed by atoms with Gasteiger partial charge in [-0.1, -0.05) is 158 Å². The minimum atomic E-state index is 0.623. The number of aromatic nitrogens is 4. The number of fused-ring (bicyclic) bond motifs is 10. The predicted molar refractivity (Wildman–Crippen MR) is 261 cm³/mol. The molecule has 62 heavy (non-hydrogen) atoms. The number of rotatable bonds is 5. The van der Waals surface area contributed by atoms with E-state index >= 15 is 0 Å². The van der Waals surface area contributed by atoms with Crippen molar-refractivity contribution < 1.29 is 0 Å². The maximum atomic E-state index is 5.43. The summed E-state index contributed by atoms with van der Waals surface area (Å²) in [5.74, 6) is 1.89. The smallest absolute Gasteiger partial charge is 0.164 e. The van der Waals surface area contributed by atoms with Crippen LogP contribution in [0.15, 0.2) is 206 Å². The van der Waals surface area contributed by atoms with Crippen LogP contribution in [-0.4, -0.2) is 19.5 Å². The lowest BCUT2D eigenvalue weighted by atomic mass is 9.91. The molecule has 0 fully saturated rings. The molecule has 0 aliphatic rings. The molecule has 5 heteroatoms. The molecule has 0 bridgehead atoms. The van der Waals surface area contributed by atoms with Gasteiger partial charge in [0.15, 0.2) is 17.5 Å². The SMILES string of the molecule is c1ccc(-c2nc(-c3ccc(-n4c5ccccc5c5cc6ccccc6cc54)cc3-c3cc4ccccc4c4sc5ccccc5c34)nc(-c3cccc4ccccc34)n2)cc1. The van der Waals surface area contributed by atoms with Gasteiger partial charge in [0.25, 0.3) is 0 Å². The van der Waals surface area contributed by atoms with Crippen LogP contribution in [-0.2, 0) is 0 Å². The summed E-state index contributed by atoms with van der Waals surface area (Å²) in [6, 6.07) is 74.0. The highest BCUT2D eigenvalue weighted by Gasteiger charge is 2.23. The zero-order chi connectivity index (χ0) is 40.7. The summed E-state index contributed by atoms with van der Waals surface area (Å²) in [6.07, 6.45) is 0. The second-order valence-corrected chi connectivity index (χ2v) is 17.0. The predicted octanol–water partition coefficient (Wildman–Crippen LogP) is 15.5. The molecule has 0 spiro atoms. The molecule has 0 aliphatic carbocycles. The molecule has 3 aromatic heterocycles. The van der Waals surface area contributed by atoms with Crippen molar-refractivity contribution in [3.05, 3.63) is 206 Å². The van der Waals surface area contributed by atoms with Crippen LogP contribution in [0.5, 0.6) is 0 Å². The summed E-state index contributed by atoms with van der Waals surface area (Å²) in [5, 5.41) is 12.1. The third kappa shape index (κ3) is 5.42. The summed E-state index contributed by atoms with van der Waals surface area (Å²) in [6.45, 7) is 0. The van der Waals surface area contributed by atoms with Gasteiger partial charge in [0, 0.05) is 53.3 Å². The van der Waals surface area contributed by atoms with E-state index in [9.17, 15) is 0 Å². The van der Waals surface area contributed by atoms with E-state index in [1.54, 1.807) is 0 Å².